The van der Waals surface area contributed by atoms with Gasteiger partial charge >= 0.3 is 0 Å². The van der Waals surface area contributed by atoms with Crippen LogP contribution in [-0.2, 0) is 22.4 Å². The van der Waals surface area contributed by atoms with E-state index in [-0.39, 0.29) is 17.9 Å². The van der Waals surface area contributed by atoms with E-state index in [0.717, 1.165) is 72.2 Å². The first kappa shape index (κ1) is 22.8. The molecule has 4 nitrogen and oxygen atoms in total. The fourth-order valence-electron chi connectivity index (χ4n) is 5.64. The number of amides is 1. The van der Waals surface area contributed by atoms with Crippen molar-refractivity contribution in [1.82, 2.24) is 9.88 Å². The van der Waals surface area contributed by atoms with Gasteiger partial charge in [-0.2, -0.15) is 0 Å². The molecule has 1 aliphatic carbocycles. The van der Waals surface area contributed by atoms with Crippen LogP contribution in [0.2, 0.25) is 5.02 Å². The van der Waals surface area contributed by atoms with Gasteiger partial charge < -0.3 is 9.64 Å². The van der Waals surface area contributed by atoms with Crippen molar-refractivity contribution < 1.29 is 9.53 Å². The van der Waals surface area contributed by atoms with Gasteiger partial charge in [-0.25, -0.2) is 0 Å². The van der Waals surface area contributed by atoms with Crippen molar-refractivity contribution in [3.05, 3.63) is 60.7 Å². The summed E-state index contributed by atoms with van der Waals surface area (Å²) in [5.41, 5.74) is 5.12. The molecule has 3 aliphatic rings. The second kappa shape index (κ2) is 9.73. The molecule has 1 unspecified atom stereocenters. The van der Waals surface area contributed by atoms with Gasteiger partial charge in [-0.05, 0) is 95.3 Å². The zero-order valence-electron chi connectivity index (χ0n) is 18.0. The molecule has 2 fully saturated rings. The number of piperidine rings is 1. The van der Waals surface area contributed by atoms with Crippen LogP contribution in [0.15, 0.2) is 33.3 Å². The number of fused-ring (bicyclic) bond motifs is 2. The van der Waals surface area contributed by atoms with Gasteiger partial charge in [-0.1, -0.05) is 27.5 Å². The summed E-state index contributed by atoms with van der Waals surface area (Å²) < 4.78 is 7.77. The average molecular weight is 583 g/mol. The topological polar surface area (TPSA) is 42.4 Å². The molecular formula is C25H27Br2ClN2O2. The first-order valence-electron chi connectivity index (χ1n) is 11.5. The van der Waals surface area contributed by atoms with Crippen LogP contribution >= 0.6 is 43.5 Å². The number of likely N-dealkylation sites (tertiary alicyclic amines) is 1. The number of rotatable bonds is 3. The molecule has 2 aliphatic heterocycles. The molecule has 32 heavy (non-hydrogen) atoms. The number of ether oxygens (including phenoxy) is 1. The first-order chi connectivity index (χ1) is 15.5. The fraction of sp³-hybridized carbons (Fsp3) is 0.520. The van der Waals surface area contributed by atoms with Gasteiger partial charge in [0.2, 0.25) is 5.91 Å². The quantitative estimate of drug-likeness (QED) is 0.427. The SMILES string of the molecule is O=C(CC1CCCO1)N1CCC([C@H]2c3ncc(Br)cc3CCc3cc(Cl)cc(Br)c32)CC1. The molecule has 2 atom stereocenters. The van der Waals surface area contributed by atoms with E-state index in [1.165, 1.54) is 22.4 Å². The number of pyridine rings is 1. The van der Waals surface area contributed by atoms with Crippen molar-refractivity contribution in [2.24, 2.45) is 5.92 Å². The number of hydrogen-bond donors (Lipinski definition) is 0. The maximum absolute atomic E-state index is 12.8. The Balaban J connectivity index is 1.41. The minimum atomic E-state index is 0.115. The van der Waals surface area contributed by atoms with E-state index < -0.39 is 0 Å². The van der Waals surface area contributed by atoms with Crippen LogP contribution in [0.5, 0.6) is 0 Å². The van der Waals surface area contributed by atoms with Crippen molar-refractivity contribution in [3.63, 3.8) is 0 Å². The molecule has 7 heteroatoms. The molecule has 170 valence electrons. The minimum absolute atomic E-state index is 0.115. The van der Waals surface area contributed by atoms with Crippen molar-refractivity contribution in [3.8, 4) is 0 Å². The lowest BCUT2D eigenvalue weighted by molar-refractivity contribution is -0.134. The minimum Gasteiger partial charge on any atom is -0.378 e. The second-order valence-corrected chi connectivity index (χ2v) is 11.4. The molecule has 1 aromatic carbocycles. The van der Waals surface area contributed by atoms with Crippen molar-refractivity contribution in [1.29, 1.82) is 0 Å². The summed E-state index contributed by atoms with van der Waals surface area (Å²) in [6.07, 6.45) is 8.51. The molecule has 0 bridgehead atoms. The van der Waals surface area contributed by atoms with Crippen LogP contribution in [0.4, 0.5) is 0 Å². The first-order valence-corrected chi connectivity index (χ1v) is 13.5. The van der Waals surface area contributed by atoms with E-state index in [2.05, 4.69) is 44.0 Å². The van der Waals surface area contributed by atoms with E-state index in [0.29, 0.717) is 12.3 Å². The Morgan fingerprint density at radius 2 is 1.91 bits per heavy atom. The number of carbonyl (C=O) groups is 1. The summed E-state index contributed by atoms with van der Waals surface area (Å²) >= 11 is 13.9. The molecule has 0 radical (unpaired) electrons. The Kier molecular flexibility index (Phi) is 6.94. The van der Waals surface area contributed by atoms with Crippen LogP contribution in [0.1, 0.15) is 60.4 Å². The lowest BCUT2D eigenvalue weighted by Crippen LogP contribution is -2.41. The molecule has 2 saturated heterocycles. The number of halogens is 3. The monoisotopic (exact) mass is 580 g/mol. The average Bonchev–Trinajstić information content (AvgIpc) is 3.22. The number of benzene rings is 1. The molecule has 1 amide bonds. The second-order valence-electron chi connectivity index (χ2n) is 9.19. The molecular weight excluding hydrogens is 556 g/mol. The number of nitrogens with zero attached hydrogens (tertiary/aromatic N) is 2. The number of aromatic nitrogens is 1. The zero-order chi connectivity index (χ0) is 22.2. The predicted octanol–water partition coefficient (Wildman–Crippen LogP) is 6.30. The van der Waals surface area contributed by atoms with Crippen LogP contribution in [0.25, 0.3) is 0 Å². The number of hydrogen-bond acceptors (Lipinski definition) is 3. The van der Waals surface area contributed by atoms with Gasteiger partial charge in [-0.15, -0.1) is 0 Å². The molecule has 3 heterocycles. The highest BCUT2D eigenvalue weighted by atomic mass is 79.9. The summed E-state index contributed by atoms with van der Waals surface area (Å²) in [7, 11) is 0. The smallest absolute Gasteiger partial charge is 0.225 e. The molecule has 2 aromatic rings. The van der Waals surface area contributed by atoms with Gasteiger partial charge in [0.05, 0.1) is 18.2 Å². The zero-order valence-corrected chi connectivity index (χ0v) is 21.9. The maximum Gasteiger partial charge on any atom is 0.225 e. The highest BCUT2D eigenvalue weighted by molar-refractivity contribution is 9.10. The van der Waals surface area contributed by atoms with E-state index >= 15 is 0 Å². The summed E-state index contributed by atoms with van der Waals surface area (Å²) in [5.74, 6) is 0.883. The number of aryl methyl sites for hydroxylation is 2. The summed E-state index contributed by atoms with van der Waals surface area (Å²) in [4.78, 5) is 19.8. The van der Waals surface area contributed by atoms with Crippen molar-refractivity contribution in [2.75, 3.05) is 19.7 Å². The third-order valence-electron chi connectivity index (χ3n) is 7.21. The van der Waals surface area contributed by atoms with Gasteiger partial charge in [0.1, 0.15) is 0 Å². The summed E-state index contributed by atoms with van der Waals surface area (Å²) in [5, 5.41) is 0.768. The maximum atomic E-state index is 12.8. The Morgan fingerprint density at radius 3 is 2.66 bits per heavy atom. The predicted molar refractivity (Wildman–Crippen MR) is 133 cm³/mol. The molecule has 0 spiro atoms. The van der Waals surface area contributed by atoms with Gasteiger partial charge in [-0.3, -0.25) is 9.78 Å². The number of carbonyl (C=O) groups excluding carboxylic acids is 1. The third-order valence-corrected chi connectivity index (χ3v) is 8.52. The summed E-state index contributed by atoms with van der Waals surface area (Å²) in [6.45, 7) is 2.40. The van der Waals surface area contributed by atoms with Gasteiger partial charge in [0, 0.05) is 45.8 Å². The van der Waals surface area contributed by atoms with Crippen LogP contribution in [-0.4, -0.2) is 41.6 Å². The van der Waals surface area contributed by atoms with Crippen LogP contribution < -0.4 is 0 Å². The van der Waals surface area contributed by atoms with E-state index in [4.69, 9.17) is 21.3 Å². The van der Waals surface area contributed by atoms with E-state index in [9.17, 15) is 4.79 Å². The fourth-order valence-corrected chi connectivity index (χ4v) is 7.14. The third kappa shape index (κ3) is 4.66. The molecule has 5 rings (SSSR count). The Labute approximate surface area is 211 Å². The normalized spacial score (nSPS) is 23.5. The lowest BCUT2D eigenvalue weighted by atomic mass is 9.76. The van der Waals surface area contributed by atoms with Gasteiger partial charge in [0.25, 0.3) is 0 Å². The standard InChI is InChI=1S/C25H27Br2ClN2O2/c26-18-10-17-4-3-16-11-19(28)12-21(27)23(16)24(25(17)29-14-18)15-5-7-30(8-6-15)22(31)13-20-2-1-9-32-20/h10-12,14-15,20,24H,1-9,13H2/t20?,24-/m1/s1. The van der Waals surface area contributed by atoms with Crippen LogP contribution in [0.3, 0.4) is 0 Å². The van der Waals surface area contributed by atoms with Crippen molar-refractivity contribution in [2.45, 2.75) is 57.0 Å². The molecule has 0 saturated carbocycles. The van der Waals surface area contributed by atoms with Gasteiger partial charge in [0.15, 0.2) is 0 Å². The largest absolute Gasteiger partial charge is 0.378 e. The Morgan fingerprint density at radius 1 is 1.12 bits per heavy atom. The lowest BCUT2D eigenvalue weighted by Gasteiger charge is -2.37. The summed E-state index contributed by atoms with van der Waals surface area (Å²) in [6, 6.07) is 6.35. The highest BCUT2D eigenvalue weighted by Gasteiger charge is 2.36. The molecule has 1 aromatic heterocycles. The Hall–Kier alpha value is -0.950. The molecule has 0 N–H and O–H groups in total. The Bertz CT molecular complexity index is 1020. The van der Waals surface area contributed by atoms with Crippen LogP contribution in [0, 0.1) is 5.92 Å². The van der Waals surface area contributed by atoms with E-state index in [1.54, 1.807) is 0 Å². The van der Waals surface area contributed by atoms with E-state index in [1.807, 2.05) is 17.2 Å². The van der Waals surface area contributed by atoms with Crippen molar-refractivity contribution >= 4 is 49.4 Å². The highest BCUT2D eigenvalue weighted by Crippen LogP contribution is 2.46.